The summed E-state index contributed by atoms with van der Waals surface area (Å²) in [6.07, 6.45) is 18.1. The third kappa shape index (κ3) is 17.7. The second-order valence-corrected chi connectivity index (χ2v) is 6.41. The van der Waals surface area contributed by atoms with E-state index >= 15 is 0 Å². The van der Waals surface area contributed by atoms with Gasteiger partial charge in [0.2, 0.25) is 5.91 Å². The van der Waals surface area contributed by atoms with E-state index in [0.717, 1.165) is 6.42 Å². The summed E-state index contributed by atoms with van der Waals surface area (Å²) in [6.45, 7) is 2.87. The number of rotatable bonds is 16. The lowest BCUT2D eigenvalue weighted by atomic mass is 10.0. The van der Waals surface area contributed by atoms with Crippen molar-refractivity contribution in [1.29, 1.82) is 0 Å². The molecule has 0 aromatic carbocycles. The van der Waals surface area contributed by atoms with Crippen LogP contribution in [-0.2, 0) is 4.79 Å². The van der Waals surface area contributed by atoms with Gasteiger partial charge in [0.15, 0.2) is 0 Å². The lowest BCUT2D eigenvalue weighted by Crippen LogP contribution is -2.24. The van der Waals surface area contributed by atoms with Crippen molar-refractivity contribution in [3.8, 4) is 0 Å². The predicted octanol–water partition coefficient (Wildman–Crippen LogP) is 5.82. The maximum Gasteiger partial charge on any atom is 0.220 e. The highest BCUT2D eigenvalue weighted by Crippen LogP contribution is 2.12. The number of halogens is 1. The summed E-state index contributed by atoms with van der Waals surface area (Å²) in [6, 6.07) is 0. The molecule has 1 amide bonds. The Morgan fingerprint density at radius 1 is 0.762 bits per heavy atom. The molecule has 0 spiro atoms. The molecule has 0 atom stereocenters. The van der Waals surface area contributed by atoms with Crippen LogP contribution in [0.25, 0.3) is 0 Å². The third-order valence-electron chi connectivity index (χ3n) is 3.92. The van der Waals surface area contributed by atoms with E-state index in [-0.39, 0.29) is 5.91 Å². The normalized spacial score (nSPS) is 10.8. The van der Waals surface area contributed by atoms with Crippen LogP contribution >= 0.6 is 11.6 Å². The third-order valence-corrected chi connectivity index (χ3v) is 4.11. The molecule has 0 aromatic heterocycles. The second kappa shape index (κ2) is 17.8. The molecule has 0 aromatic rings. The number of amides is 1. The van der Waals surface area contributed by atoms with Gasteiger partial charge in [-0.1, -0.05) is 84.0 Å². The van der Waals surface area contributed by atoms with Crippen LogP contribution in [0.15, 0.2) is 0 Å². The number of carbonyl (C=O) groups is 1. The number of carbonyl (C=O) groups excluding carboxylic acids is 1. The van der Waals surface area contributed by atoms with Crippen molar-refractivity contribution in [1.82, 2.24) is 5.32 Å². The van der Waals surface area contributed by atoms with Gasteiger partial charge in [-0.25, -0.2) is 0 Å². The molecular weight excluding hydrogens is 282 g/mol. The maximum absolute atomic E-state index is 11.3. The number of unbranched alkanes of at least 4 members (excludes halogenated alkanes) is 12. The van der Waals surface area contributed by atoms with Crippen LogP contribution in [0.1, 0.15) is 96.8 Å². The van der Waals surface area contributed by atoms with E-state index in [2.05, 4.69) is 12.2 Å². The average Bonchev–Trinajstić information content (AvgIpc) is 2.49. The standard InChI is InChI=1S/C18H36ClNO/c1-2-3-4-5-6-7-8-9-10-11-12-13-14-15-18(21)20-17-16-19/h2-17H2,1H3,(H,20,21). The van der Waals surface area contributed by atoms with Crippen LogP contribution in [0.4, 0.5) is 0 Å². The smallest absolute Gasteiger partial charge is 0.220 e. The van der Waals surface area contributed by atoms with Crippen molar-refractivity contribution in [3.05, 3.63) is 0 Å². The lowest BCUT2D eigenvalue weighted by Gasteiger charge is -2.04. The van der Waals surface area contributed by atoms with Crippen LogP contribution in [-0.4, -0.2) is 18.3 Å². The van der Waals surface area contributed by atoms with Crippen molar-refractivity contribution >= 4 is 17.5 Å². The van der Waals surface area contributed by atoms with Gasteiger partial charge in [-0.15, -0.1) is 11.6 Å². The van der Waals surface area contributed by atoms with Gasteiger partial charge in [0.1, 0.15) is 0 Å². The molecule has 0 rings (SSSR count). The summed E-state index contributed by atoms with van der Waals surface area (Å²) in [5.74, 6) is 0.656. The van der Waals surface area contributed by atoms with Crippen molar-refractivity contribution in [3.63, 3.8) is 0 Å². The van der Waals surface area contributed by atoms with Gasteiger partial charge in [-0.05, 0) is 6.42 Å². The van der Waals surface area contributed by atoms with Gasteiger partial charge >= 0.3 is 0 Å². The fraction of sp³-hybridized carbons (Fsp3) is 0.944. The second-order valence-electron chi connectivity index (χ2n) is 6.03. The van der Waals surface area contributed by atoms with Crippen LogP contribution < -0.4 is 5.32 Å². The first kappa shape index (κ1) is 20.8. The molecule has 0 saturated carbocycles. The van der Waals surface area contributed by atoms with Crippen molar-refractivity contribution in [2.45, 2.75) is 96.8 Å². The molecule has 0 saturated heterocycles. The van der Waals surface area contributed by atoms with E-state index in [1.807, 2.05) is 0 Å². The quantitative estimate of drug-likeness (QED) is 0.282. The molecule has 0 aliphatic carbocycles. The topological polar surface area (TPSA) is 29.1 Å². The van der Waals surface area contributed by atoms with E-state index < -0.39 is 0 Å². The number of hydrogen-bond acceptors (Lipinski definition) is 1. The zero-order valence-electron chi connectivity index (χ0n) is 14.1. The van der Waals surface area contributed by atoms with Crippen LogP contribution in [0, 0.1) is 0 Å². The Bertz CT molecular complexity index is 221. The molecule has 0 unspecified atom stereocenters. The van der Waals surface area contributed by atoms with Gasteiger partial charge in [0.25, 0.3) is 0 Å². The largest absolute Gasteiger partial charge is 0.355 e. The summed E-state index contributed by atoms with van der Waals surface area (Å²) in [5.41, 5.74) is 0. The molecule has 0 fully saturated rings. The zero-order valence-corrected chi connectivity index (χ0v) is 14.9. The SMILES string of the molecule is CCCCCCCCCCCCCCCC(=O)NCCCl. The van der Waals surface area contributed by atoms with Gasteiger partial charge < -0.3 is 5.32 Å². The van der Waals surface area contributed by atoms with Crippen LogP contribution in [0.2, 0.25) is 0 Å². The van der Waals surface area contributed by atoms with E-state index in [1.165, 1.54) is 77.0 Å². The first-order chi connectivity index (χ1) is 10.3. The average molecular weight is 318 g/mol. The minimum absolute atomic E-state index is 0.152. The zero-order chi connectivity index (χ0) is 15.6. The van der Waals surface area contributed by atoms with Gasteiger partial charge in [-0.3, -0.25) is 4.79 Å². The minimum atomic E-state index is 0.152. The van der Waals surface area contributed by atoms with Crippen molar-refractivity contribution in [2.24, 2.45) is 0 Å². The Morgan fingerprint density at radius 3 is 1.62 bits per heavy atom. The molecule has 0 aliphatic rings. The fourth-order valence-corrected chi connectivity index (χ4v) is 2.67. The van der Waals surface area contributed by atoms with E-state index in [1.54, 1.807) is 0 Å². The summed E-state index contributed by atoms with van der Waals surface area (Å²) < 4.78 is 0. The van der Waals surface area contributed by atoms with Gasteiger partial charge in [0.05, 0.1) is 0 Å². The number of nitrogens with one attached hydrogen (secondary N) is 1. The molecule has 0 radical (unpaired) electrons. The monoisotopic (exact) mass is 317 g/mol. The minimum Gasteiger partial charge on any atom is -0.355 e. The molecule has 1 N–H and O–H groups in total. The number of alkyl halides is 1. The molecule has 126 valence electrons. The maximum atomic E-state index is 11.3. The highest BCUT2D eigenvalue weighted by Gasteiger charge is 1.99. The number of hydrogen-bond donors (Lipinski definition) is 1. The highest BCUT2D eigenvalue weighted by molar-refractivity contribution is 6.18. The van der Waals surface area contributed by atoms with Crippen molar-refractivity contribution < 1.29 is 4.79 Å². The Morgan fingerprint density at radius 2 is 1.19 bits per heavy atom. The summed E-state index contributed by atoms with van der Waals surface area (Å²) >= 11 is 5.52. The Kier molecular flexibility index (Phi) is 17.6. The molecule has 0 aliphatic heterocycles. The molecule has 2 nitrogen and oxygen atoms in total. The van der Waals surface area contributed by atoms with Gasteiger partial charge in [-0.2, -0.15) is 0 Å². The predicted molar refractivity (Wildman–Crippen MR) is 94.0 cm³/mol. The first-order valence-corrected chi connectivity index (χ1v) is 9.67. The fourth-order valence-electron chi connectivity index (χ4n) is 2.58. The molecule has 0 heterocycles. The van der Waals surface area contributed by atoms with Crippen LogP contribution in [0.5, 0.6) is 0 Å². The van der Waals surface area contributed by atoms with Crippen LogP contribution in [0.3, 0.4) is 0 Å². The van der Waals surface area contributed by atoms with E-state index in [0.29, 0.717) is 18.8 Å². The van der Waals surface area contributed by atoms with Crippen molar-refractivity contribution in [2.75, 3.05) is 12.4 Å². The Balaban J connectivity index is 3.04. The molecule has 21 heavy (non-hydrogen) atoms. The summed E-state index contributed by atoms with van der Waals surface area (Å²) in [7, 11) is 0. The molecule has 0 bridgehead atoms. The van der Waals surface area contributed by atoms with E-state index in [4.69, 9.17) is 11.6 Å². The summed E-state index contributed by atoms with van der Waals surface area (Å²) in [4.78, 5) is 11.3. The Hall–Kier alpha value is -0.240. The highest BCUT2D eigenvalue weighted by atomic mass is 35.5. The first-order valence-electron chi connectivity index (χ1n) is 9.14. The molecule has 3 heteroatoms. The summed E-state index contributed by atoms with van der Waals surface area (Å²) in [5, 5.41) is 2.80. The molecular formula is C18H36ClNO. The van der Waals surface area contributed by atoms with E-state index in [9.17, 15) is 4.79 Å². The van der Waals surface area contributed by atoms with Gasteiger partial charge in [0, 0.05) is 18.8 Å². The Labute approximate surface area is 137 Å². The lowest BCUT2D eigenvalue weighted by molar-refractivity contribution is -0.121.